The van der Waals surface area contributed by atoms with Gasteiger partial charge < -0.3 is 9.15 Å². The monoisotopic (exact) mass is 224 g/mol. The van der Waals surface area contributed by atoms with Crippen LogP contribution in [0.25, 0.3) is 22.2 Å². The Hall–Kier alpha value is -2.29. The Kier molecular flexibility index (Phi) is 2.29. The first-order valence-electron chi connectivity index (χ1n) is 5.28. The van der Waals surface area contributed by atoms with E-state index >= 15 is 0 Å². The summed E-state index contributed by atoms with van der Waals surface area (Å²) in [6.07, 6.45) is 4.35. The average molecular weight is 224 g/mol. The Balaban J connectivity index is 2.29. The fraction of sp³-hybridized carbons (Fsp3) is 0.0714. The topological polar surface area (TPSA) is 35.3 Å². The zero-order chi connectivity index (χ0) is 11.7. The van der Waals surface area contributed by atoms with Crippen LogP contribution in [0.4, 0.5) is 0 Å². The van der Waals surface area contributed by atoms with E-state index in [1.165, 1.54) is 0 Å². The molecule has 1 aromatic carbocycles. The van der Waals surface area contributed by atoms with Crippen molar-refractivity contribution in [1.82, 2.24) is 4.98 Å². The SMILES string of the molecule is COc1cc2ccccc2nc1-c1[c]occ1. The van der Waals surface area contributed by atoms with Gasteiger partial charge in [0.25, 0.3) is 0 Å². The van der Waals surface area contributed by atoms with E-state index in [4.69, 9.17) is 9.15 Å². The van der Waals surface area contributed by atoms with E-state index in [1.54, 1.807) is 13.4 Å². The second-order valence-electron chi connectivity index (χ2n) is 3.67. The number of benzene rings is 1. The lowest BCUT2D eigenvalue weighted by Crippen LogP contribution is -1.91. The molecule has 0 bridgehead atoms. The van der Waals surface area contributed by atoms with Crippen molar-refractivity contribution in [2.75, 3.05) is 7.11 Å². The van der Waals surface area contributed by atoms with Crippen molar-refractivity contribution in [3.05, 3.63) is 48.9 Å². The van der Waals surface area contributed by atoms with Crippen LogP contribution in [-0.2, 0) is 0 Å². The predicted molar refractivity (Wildman–Crippen MR) is 64.8 cm³/mol. The van der Waals surface area contributed by atoms with Crippen LogP contribution in [0.1, 0.15) is 0 Å². The lowest BCUT2D eigenvalue weighted by molar-refractivity contribution is 0.415. The van der Waals surface area contributed by atoms with Crippen molar-refractivity contribution in [2.24, 2.45) is 0 Å². The summed E-state index contributed by atoms with van der Waals surface area (Å²) in [5.41, 5.74) is 2.48. The van der Waals surface area contributed by atoms with Crippen molar-refractivity contribution in [3.63, 3.8) is 0 Å². The van der Waals surface area contributed by atoms with E-state index in [9.17, 15) is 0 Å². The van der Waals surface area contributed by atoms with Crippen molar-refractivity contribution in [1.29, 1.82) is 0 Å². The molecule has 0 aliphatic carbocycles. The fourth-order valence-corrected chi connectivity index (χ4v) is 1.81. The molecule has 0 saturated carbocycles. The first-order chi connectivity index (χ1) is 8.38. The Morgan fingerprint density at radius 2 is 2.12 bits per heavy atom. The molecule has 3 heteroatoms. The molecule has 17 heavy (non-hydrogen) atoms. The van der Waals surface area contributed by atoms with E-state index < -0.39 is 0 Å². The Morgan fingerprint density at radius 3 is 2.88 bits per heavy atom. The van der Waals surface area contributed by atoms with Crippen molar-refractivity contribution in [3.8, 4) is 17.0 Å². The molecular formula is C14H10NO2. The molecular weight excluding hydrogens is 214 g/mol. The number of furan rings is 1. The zero-order valence-corrected chi connectivity index (χ0v) is 9.31. The Labute approximate surface area is 98.7 Å². The molecule has 0 spiro atoms. The van der Waals surface area contributed by atoms with E-state index in [0.29, 0.717) is 0 Å². The van der Waals surface area contributed by atoms with Gasteiger partial charge in [-0.05, 0) is 18.2 Å². The molecule has 2 heterocycles. The van der Waals surface area contributed by atoms with E-state index in [2.05, 4.69) is 11.2 Å². The van der Waals surface area contributed by atoms with Gasteiger partial charge >= 0.3 is 0 Å². The molecule has 0 aliphatic heterocycles. The van der Waals surface area contributed by atoms with Crippen LogP contribution < -0.4 is 4.74 Å². The van der Waals surface area contributed by atoms with Crippen molar-refractivity contribution < 1.29 is 9.15 Å². The van der Waals surface area contributed by atoms with E-state index in [0.717, 1.165) is 27.9 Å². The van der Waals surface area contributed by atoms with Gasteiger partial charge in [-0.1, -0.05) is 18.2 Å². The molecule has 2 aromatic heterocycles. The Morgan fingerprint density at radius 1 is 1.24 bits per heavy atom. The summed E-state index contributed by atoms with van der Waals surface area (Å²) in [6.45, 7) is 0. The maximum Gasteiger partial charge on any atom is 0.179 e. The minimum absolute atomic E-state index is 0.723. The summed E-state index contributed by atoms with van der Waals surface area (Å²) in [6, 6.07) is 11.7. The zero-order valence-electron chi connectivity index (χ0n) is 9.31. The van der Waals surface area contributed by atoms with Crippen molar-refractivity contribution >= 4 is 10.9 Å². The van der Waals surface area contributed by atoms with Gasteiger partial charge in [-0.15, -0.1) is 0 Å². The van der Waals surface area contributed by atoms with Gasteiger partial charge in [0, 0.05) is 5.39 Å². The van der Waals surface area contributed by atoms with Crippen LogP contribution in [0.15, 0.2) is 47.1 Å². The smallest absolute Gasteiger partial charge is 0.179 e. The third kappa shape index (κ3) is 1.65. The average Bonchev–Trinajstić information content (AvgIpc) is 2.91. The maximum absolute atomic E-state index is 5.35. The number of aromatic nitrogens is 1. The summed E-state index contributed by atoms with van der Waals surface area (Å²) >= 11 is 0. The fourth-order valence-electron chi connectivity index (χ4n) is 1.81. The van der Waals surface area contributed by atoms with Crippen LogP contribution in [0.2, 0.25) is 0 Å². The highest BCUT2D eigenvalue weighted by Gasteiger charge is 2.10. The normalized spacial score (nSPS) is 10.6. The summed E-state index contributed by atoms with van der Waals surface area (Å²) in [5.74, 6) is 0.723. The first kappa shape index (κ1) is 9.90. The van der Waals surface area contributed by atoms with Gasteiger partial charge in [0.1, 0.15) is 11.4 Å². The summed E-state index contributed by atoms with van der Waals surface area (Å²) < 4.78 is 10.3. The maximum atomic E-state index is 5.35. The number of fused-ring (bicyclic) bond motifs is 1. The van der Waals surface area contributed by atoms with Crippen molar-refractivity contribution in [2.45, 2.75) is 0 Å². The number of rotatable bonds is 2. The lowest BCUT2D eigenvalue weighted by Gasteiger charge is -2.07. The summed E-state index contributed by atoms with van der Waals surface area (Å²) in [7, 11) is 1.63. The quantitative estimate of drug-likeness (QED) is 0.670. The molecule has 1 radical (unpaired) electrons. The number of pyridine rings is 1. The third-order valence-electron chi connectivity index (χ3n) is 2.64. The predicted octanol–water partition coefficient (Wildman–Crippen LogP) is 3.30. The number of methoxy groups -OCH3 is 1. The lowest BCUT2D eigenvalue weighted by atomic mass is 10.1. The van der Waals surface area contributed by atoms with Crippen LogP contribution in [0.3, 0.4) is 0 Å². The molecule has 3 aromatic rings. The minimum Gasteiger partial charge on any atom is -0.494 e. The number of nitrogens with zero attached hydrogens (tertiary/aromatic N) is 1. The molecule has 0 fully saturated rings. The largest absolute Gasteiger partial charge is 0.494 e. The van der Waals surface area contributed by atoms with Crippen LogP contribution >= 0.6 is 0 Å². The van der Waals surface area contributed by atoms with Gasteiger partial charge in [-0.25, -0.2) is 4.98 Å². The minimum atomic E-state index is 0.723. The molecule has 0 saturated heterocycles. The van der Waals surface area contributed by atoms with E-state index in [1.807, 2.05) is 36.4 Å². The first-order valence-corrected chi connectivity index (χ1v) is 5.28. The van der Waals surface area contributed by atoms with Crippen LogP contribution in [-0.4, -0.2) is 12.1 Å². The second-order valence-corrected chi connectivity index (χ2v) is 3.67. The second kappa shape index (κ2) is 3.94. The number of para-hydroxylation sites is 1. The molecule has 0 amide bonds. The summed E-state index contributed by atoms with van der Waals surface area (Å²) in [5, 5.41) is 1.05. The molecule has 0 atom stereocenters. The summed E-state index contributed by atoms with van der Waals surface area (Å²) in [4.78, 5) is 4.57. The molecule has 0 unspecified atom stereocenters. The van der Waals surface area contributed by atoms with Gasteiger partial charge in [-0.3, -0.25) is 0 Å². The Bertz CT molecular complexity index is 644. The highest BCUT2D eigenvalue weighted by atomic mass is 16.5. The molecule has 83 valence electrons. The highest BCUT2D eigenvalue weighted by molar-refractivity contribution is 5.84. The number of ether oxygens (including phenoxy) is 1. The van der Waals surface area contributed by atoms with Gasteiger partial charge in [0.05, 0.1) is 24.5 Å². The van der Waals surface area contributed by atoms with Crippen LogP contribution in [0.5, 0.6) is 5.75 Å². The van der Waals surface area contributed by atoms with Gasteiger partial charge in [0.15, 0.2) is 6.26 Å². The molecule has 0 aliphatic rings. The molecule has 3 nitrogen and oxygen atoms in total. The third-order valence-corrected chi connectivity index (χ3v) is 2.64. The highest BCUT2D eigenvalue weighted by Crippen LogP contribution is 2.30. The molecule has 0 N–H and O–H groups in total. The van der Waals surface area contributed by atoms with E-state index in [-0.39, 0.29) is 0 Å². The van der Waals surface area contributed by atoms with Crippen LogP contribution in [0, 0.1) is 6.26 Å². The van der Waals surface area contributed by atoms with Gasteiger partial charge in [0.2, 0.25) is 0 Å². The standard InChI is InChI=1S/C14H10NO2/c1-16-13-8-10-4-2-3-5-12(10)15-14(13)11-6-7-17-9-11/h2-8H,1H3. The van der Waals surface area contributed by atoms with Gasteiger partial charge in [-0.2, -0.15) is 0 Å². The number of hydrogen-bond acceptors (Lipinski definition) is 3. The molecule has 3 rings (SSSR count). The number of hydrogen-bond donors (Lipinski definition) is 0.